The first-order valence-corrected chi connectivity index (χ1v) is 9.85. The van der Waals surface area contributed by atoms with Gasteiger partial charge in [0.05, 0.1) is 34.3 Å². The summed E-state index contributed by atoms with van der Waals surface area (Å²) in [6.45, 7) is 7.07. The van der Waals surface area contributed by atoms with E-state index in [0.717, 1.165) is 52.3 Å². The van der Waals surface area contributed by atoms with Gasteiger partial charge in [-0.05, 0) is 68.5 Å². The van der Waals surface area contributed by atoms with E-state index in [1.54, 1.807) is 0 Å². The highest BCUT2D eigenvalue weighted by molar-refractivity contribution is 5.80. The molecule has 6 heteroatoms. The molecule has 0 aliphatic heterocycles. The van der Waals surface area contributed by atoms with Crippen LogP contribution in [0.1, 0.15) is 47.7 Å². The van der Waals surface area contributed by atoms with Crippen molar-refractivity contribution >= 4 is 11.0 Å². The average molecular weight is 372 g/mol. The van der Waals surface area contributed by atoms with Crippen molar-refractivity contribution in [3.8, 4) is 11.4 Å². The van der Waals surface area contributed by atoms with E-state index in [9.17, 15) is 0 Å². The molecule has 2 atom stereocenters. The average Bonchev–Trinajstić information content (AvgIpc) is 3.15. The largest absolute Gasteiger partial charge is 0.276 e. The molecule has 2 unspecified atom stereocenters. The molecule has 4 aromatic rings. The zero-order valence-corrected chi connectivity index (χ0v) is 16.7. The SMILES string of the molecule is CCn1nc(C2CC2c2cnn(C)c2)cc1-c1ccc2nc(C)cc(C)c2n1. The highest BCUT2D eigenvalue weighted by atomic mass is 15.3. The predicted molar refractivity (Wildman–Crippen MR) is 109 cm³/mol. The highest BCUT2D eigenvalue weighted by Crippen LogP contribution is 2.54. The van der Waals surface area contributed by atoms with Crippen molar-refractivity contribution in [2.45, 2.75) is 45.6 Å². The lowest BCUT2D eigenvalue weighted by Crippen LogP contribution is -2.01. The van der Waals surface area contributed by atoms with Gasteiger partial charge in [0, 0.05) is 31.4 Å². The number of aryl methyl sites for hydroxylation is 4. The minimum atomic E-state index is 0.474. The van der Waals surface area contributed by atoms with Crippen molar-refractivity contribution in [3.05, 3.63) is 59.2 Å². The Morgan fingerprint density at radius 3 is 2.71 bits per heavy atom. The third-order valence-electron chi connectivity index (χ3n) is 5.65. The first-order chi connectivity index (χ1) is 13.5. The minimum Gasteiger partial charge on any atom is -0.276 e. The number of fused-ring (bicyclic) bond motifs is 1. The first kappa shape index (κ1) is 17.1. The highest BCUT2D eigenvalue weighted by Gasteiger charge is 2.42. The summed E-state index contributed by atoms with van der Waals surface area (Å²) in [5.74, 6) is 1.00. The second-order valence-corrected chi connectivity index (χ2v) is 7.81. The monoisotopic (exact) mass is 372 g/mol. The van der Waals surface area contributed by atoms with Gasteiger partial charge in [0.1, 0.15) is 0 Å². The second kappa shape index (κ2) is 6.26. The molecule has 6 nitrogen and oxygen atoms in total. The van der Waals surface area contributed by atoms with Gasteiger partial charge in [0.2, 0.25) is 0 Å². The summed E-state index contributed by atoms with van der Waals surface area (Å²) in [7, 11) is 1.97. The molecule has 0 spiro atoms. The zero-order valence-electron chi connectivity index (χ0n) is 16.7. The standard InChI is InChI=1S/C22H24N6/c1-5-28-21(18-6-7-19-22(25-18)13(2)8-14(3)24-19)10-20(26-28)17-9-16(17)15-11-23-27(4)12-15/h6-8,10-12,16-17H,5,9H2,1-4H3. The lowest BCUT2D eigenvalue weighted by atomic mass is 10.1. The quantitative estimate of drug-likeness (QED) is 0.540. The van der Waals surface area contributed by atoms with E-state index in [2.05, 4.69) is 59.1 Å². The van der Waals surface area contributed by atoms with Crippen molar-refractivity contribution in [1.82, 2.24) is 29.5 Å². The Bertz CT molecular complexity index is 1190. The summed E-state index contributed by atoms with van der Waals surface area (Å²) in [4.78, 5) is 9.54. The Hall–Kier alpha value is -3.02. The number of pyridine rings is 2. The van der Waals surface area contributed by atoms with Crippen molar-refractivity contribution in [2.75, 3.05) is 0 Å². The van der Waals surface area contributed by atoms with Gasteiger partial charge >= 0.3 is 0 Å². The minimum absolute atomic E-state index is 0.474. The maximum absolute atomic E-state index is 4.93. The van der Waals surface area contributed by atoms with Gasteiger partial charge in [-0.15, -0.1) is 0 Å². The molecule has 0 aromatic carbocycles. The summed E-state index contributed by atoms with van der Waals surface area (Å²) < 4.78 is 3.94. The van der Waals surface area contributed by atoms with Crippen LogP contribution in [0.5, 0.6) is 0 Å². The van der Waals surface area contributed by atoms with E-state index in [1.165, 1.54) is 5.56 Å². The molecular formula is C22H24N6. The third-order valence-corrected chi connectivity index (χ3v) is 5.65. The number of nitrogens with zero attached hydrogens (tertiary/aromatic N) is 6. The molecule has 4 heterocycles. The molecular weight excluding hydrogens is 348 g/mol. The van der Waals surface area contributed by atoms with Crippen molar-refractivity contribution in [3.63, 3.8) is 0 Å². The molecule has 1 fully saturated rings. The van der Waals surface area contributed by atoms with Gasteiger partial charge in [0.25, 0.3) is 0 Å². The van der Waals surface area contributed by atoms with Gasteiger partial charge in [-0.3, -0.25) is 14.3 Å². The first-order valence-electron chi connectivity index (χ1n) is 9.85. The smallest absolute Gasteiger partial charge is 0.0924 e. The molecule has 1 saturated carbocycles. The molecule has 142 valence electrons. The van der Waals surface area contributed by atoms with Crippen LogP contribution in [0.4, 0.5) is 0 Å². The Morgan fingerprint density at radius 1 is 1.11 bits per heavy atom. The fourth-order valence-electron chi connectivity index (χ4n) is 4.17. The summed E-state index contributed by atoms with van der Waals surface area (Å²) in [6, 6.07) is 8.44. The zero-order chi connectivity index (χ0) is 19.4. The van der Waals surface area contributed by atoms with Crippen LogP contribution < -0.4 is 0 Å². The molecule has 1 aliphatic carbocycles. The van der Waals surface area contributed by atoms with E-state index in [4.69, 9.17) is 10.1 Å². The van der Waals surface area contributed by atoms with Crippen molar-refractivity contribution in [2.24, 2.45) is 7.05 Å². The number of hydrogen-bond acceptors (Lipinski definition) is 4. The summed E-state index contributed by atoms with van der Waals surface area (Å²) in [6.07, 6.45) is 5.23. The third kappa shape index (κ3) is 2.80. The van der Waals surface area contributed by atoms with Crippen LogP contribution in [0.15, 0.2) is 36.7 Å². The fourth-order valence-corrected chi connectivity index (χ4v) is 4.17. The molecule has 28 heavy (non-hydrogen) atoms. The van der Waals surface area contributed by atoms with Crippen molar-refractivity contribution in [1.29, 1.82) is 0 Å². The van der Waals surface area contributed by atoms with Crippen LogP contribution in [0.2, 0.25) is 0 Å². The van der Waals surface area contributed by atoms with Crippen molar-refractivity contribution < 1.29 is 0 Å². The lowest BCUT2D eigenvalue weighted by molar-refractivity contribution is 0.651. The van der Waals surface area contributed by atoms with Crippen LogP contribution in [0.3, 0.4) is 0 Å². The molecule has 0 amide bonds. The molecule has 0 saturated heterocycles. The second-order valence-electron chi connectivity index (χ2n) is 7.81. The summed E-state index contributed by atoms with van der Waals surface area (Å²) >= 11 is 0. The molecule has 0 N–H and O–H groups in total. The maximum Gasteiger partial charge on any atom is 0.0924 e. The van der Waals surface area contributed by atoms with Gasteiger partial charge in [-0.2, -0.15) is 10.2 Å². The number of aromatic nitrogens is 6. The Labute approximate surface area is 164 Å². The van der Waals surface area contributed by atoms with Crippen LogP contribution in [-0.4, -0.2) is 29.5 Å². The summed E-state index contributed by atoms with van der Waals surface area (Å²) in [5.41, 5.74) is 8.60. The molecule has 4 aromatic heterocycles. The Kier molecular flexibility index (Phi) is 3.82. The Balaban J connectivity index is 1.52. The normalized spacial score (nSPS) is 18.7. The van der Waals surface area contributed by atoms with E-state index in [-0.39, 0.29) is 0 Å². The van der Waals surface area contributed by atoms with Gasteiger partial charge < -0.3 is 0 Å². The molecule has 0 radical (unpaired) electrons. The topological polar surface area (TPSA) is 61.4 Å². The Morgan fingerprint density at radius 2 is 1.96 bits per heavy atom. The van der Waals surface area contributed by atoms with E-state index >= 15 is 0 Å². The fraction of sp³-hybridized carbons (Fsp3) is 0.364. The van der Waals surface area contributed by atoms with E-state index < -0.39 is 0 Å². The maximum atomic E-state index is 4.93. The molecule has 5 rings (SSSR count). The van der Waals surface area contributed by atoms with Crippen LogP contribution in [-0.2, 0) is 13.6 Å². The lowest BCUT2D eigenvalue weighted by Gasteiger charge is -2.07. The molecule has 0 bridgehead atoms. The van der Waals surface area contributed by atoms with Crippen LogP contribution in [0, 0.1) is 13.8 Å². The number of rotatable bonds is 4. The van der Waals surface area contributed by atoms with E-state index in [0.29, 0.717) is 11.8 Å². The van der Waals surface area contributed by atoms with E-state index in [1.807, 2.05) is 24.9 Å². The van der Waals surface area contributed by atoms with Gasteiger partial charge in [-0.25, -0.2) is 4.98 Å². The number of hydrogen-bond donors (Lipinski definition) is 0. The predicted octanol–water partition coefficient (Wildman–Crippen LogP) is 4.13. The summed E-state index contributed by atoms with van der Waals surface area (Å²) in [5, 5.41) is 9.21. The molecule has 1 aliphatic rings. The van der Waals surface area contributed by atoms with Crippen LogP contribution >= 0.6 is 0 Å². The van der Waals surface area contributed by atoms with Gasteiger partial charge in [0.15, 0.2) is 0 Å². The van der Waals surface area contributed by atoms with Crippen LogP contribution in [0.25, 0.3) is 22.4 Å². The van der Waals surface area contributed by atoms with Gasteiger partial charge in [-0.1, -0.05) is 0 Å².